The molecule has 9 heteroatoms. The van der Waals surface area contributed by atoms with Gasteiger partial charge in [-0.15, -0.1) is 0 Å². The molecule has 0 N–H and O–H groups in total. The maximum atomic E-state index is 13.6. The minimum Gasteiger partial charge on any atom is -0.868 e. The fourth-order valence-corrected chi connectivity index (χ4v) is 5.75. The van der Waals surface area contributed by atoms with Gasteiger partial charge in [-0.3, -0.25) is 9.36 Å². The molecular weight excluding hydrogens is 492 g/mol. The standard InChI is InChI=1S/C28H30N2O6S/c1-33-22-16-20(17-23(34-2)25(22)35-3)36-14-9-15-37(4)26-24(31)21-12-8-13-29-27(21)30(28(26)32)18-19-10-6-5-7-11-19/h5-8,10-13,16-17H,9,14-15,18H2,1-4H3. The average Bonchev–Trinajstić information content (AvgIpc) is 2.93. The van der Waals surface area contributed by atoms with Crippen molar-refractivity contribution in [3.8, 4) is 28.7 Å². The smallest absolute Gasteiger partial charge is 0.307 e. The van der Waals surface area contributed by atoms with Gasteiger partial charge in [0.1, 0.15) is 23.4 Å². The summed E-state index contributed by atoms with van der Waals surface area (Å²) in [4.78, 5) is 18.2. The summed E-state index contributed by atoms with van der Waals surface area (Å²) in [7, 11) is 4.07. The van der Waals surface area contributed by atoms with Crippen LogP contribution in [0.25, 0.3) is 11.0 Å². The maximum Gasteiger partial charge on any atom is 0.307 e. The van der Waals surface area contributed by atoms with E-state index >= 15 is 0 Å². The van der Waals surface area contributed by atoms with E-state index in [9.17, 15) is 9.90 Å². The van der Waals surface area contributed by atoms with E-state index in [4.69, 9.17) is 18.9 Å². The summed E-state index contributed by atoms with van der Waals surface area (Å²) < 4.78 is 23.6. The molecule has 0 bridgehead atoms. The number of rotatable bonds is 11. The van der Waals surface area contributed by atoms with Gasteiger partial charge in [0.15, 0.2) is 11.5 Å². The van der Waals surface area contributed by atoms with Crippen molar-refractivity contribution < 1.29 is 24.1 Å². The van der Waals surface area contributed by atoms with Gasteiger partial charge in [0.25, 0.3) is 0 Å². The summed E-state index contributed by atoms with van der Waals surface area (Å²) >= 11 is 0. The number of nitrogens with zero attached hydrogens (tertiary/aromatic N) is 2. The van der Waals surface area contributed by atoms with E-state index in [1.54, 1.807) is 56.4 Å². The van der Waals surface area contributed by atoms with Gasteiger partial charge in [0.2, 0.25) is 10.6 Å². The Morgan fingerprint density at radius 1 is 0.973 bits per heavy atom. The van der Waals surface area contributed by atoms with Crippen LogP contribution in [0, 0.1) is 0 Å². The van der Waals surface area contributed by atoms with Crippen molar-refractivity contribution in [2.75, 3.05) is 39.9 Å². The van der Waals surface area contributed by atoms with E-state index in [2.05, 4.69) is 4.98 Å². The van der Waals surface area contributed by atoms with Crippen molar-refractivity contribution in [1.82, 2.24) is 9.55 Å². The Labute approximate surface area is 218 Å². The van der Waals surface area contributed by atoms with E-state index in [-0.39, 0.29) is 11.3 Å². The molecule has 4 rings (SSSR count). The number of benzene rings is 2. The third-order valence-electron chi connectivity index (χ3n) is 5.97. The summed E-state index contributed by atoms with van der Waals surface area (Å²) in [5.41, 5.74) is 1.10. The molecule has 0 saturated carbocycles. The molecule has 0 spiro atoms. The Morgan fingerprint density at radius 3 is 2.32 bits per heavy atom. The molecule has 37 heavy (non-hydrogen) atoms. The average molecular weight is 523 g/mol. The largest absolute Gasteiger partial charge is 0.868 e. The Bertz CT molecular complexity index is 1400. The van der Waals surface area contributed by atoms with Crippen molar-refractivity contribution in [3.63, 3.8) is 0 Å². The van der Waals surface area contributed by atoms with Gasteiger partial charge in [-0.25, -0.2) is 4.98 Å². The number of ether oxygens (including phenoxy) is 4. The molecule has 0 amide bonds. The van der Waals surface area contributed by atoms with Crippen LogP contribution in [-0.4, -0.2) is 49.5 Å². The first-order chi connectivity index (χ1) is 18.0. The second-order valence-electron chi connectivity index (χ2n) is 8.31. The van der Waals surface area contributed by atoms with Gasteiger partial charge in [-0.05, 0) is 17.4 Å². The van der Waals surface area contributed by atoms with E-state index in [0.717, 1.165) is 5.56 Å². The predicted molar refractivity (Wildman–Crippen MR) is 144 cm³/mol. The lowest BCUT2D eigenvalue weighted by atomic mass is 10.2. The van der Waals surface area contributed by atoms with Crippen LogP contribution in [-0.2, 0) is 17.4 Å². The van der Waals surface area contributed by atoms with Crippen LogP contribution >= 0.6 is 0 Å². The van der Waals surface area contributed by atoms with E-state index in [1.807, 2.05) is 36.6 Å². The third kappa shape index (κ3) is 5.61. The Kier molecular flexibility index (Phi) is 8.45. The van der Waals surface area contributed by atoms with E-state index in [1.165, 1.54) is 0 Å². The first-order valence-corrected chi connectivity index (χ1v) is 13.6. The third-order valence-corrected chi connectivity index (χ3v) is 7.92. The topological polar surface area (TPSA) is 94.9 Å². The lowest BCUT2D eigenvalue weighted by Gasteiger charge is -2.18. The molecule has 8 nitrogen and oxygen atoms in total. The number of pyridine rings is 2. The highest BCUT2D eigenvalue weighted by atomic mass is 32.2. The SMILES string of the molecule is COc1cc(OCCC[S+](C)c2c([O-])c3cccnc3n(Cc3ccccc3)c2=O)cc(OC)c1OC. The van der Waals surface area contributed by atoms with Crippen LogP contribution < -0.4 is 29.6 Å². The molecule has 0 saturated heterocycles. The van der Waals surface area contributed by atoms with Gasteiger partial charge < -0.3 is 24.1 Å². The van der Waals surface area contributed by atoms with Crippen LogP contribution in [0.3, 0.4) is 0 Å². The summed E-state index contributed by atoms with van der Waals surface area (Å²) in [6.07, 6.45) is 4.19. The van der Waals surface area contributed by atoms with Gasteiger partial charge in [0, 0.05) is 41.0 Å². The Morgan fingerprint density at radius 2 is 1.68 bits per heavy atom. The number of fused-ring (bicyclic) bond motifs is 1. The fraction of sp³-hybridized carbons (Fsp3) is 0.286. The zero-order valence-electron chi connectivity index (χ0n) is 21.4. The normalized spacial score (nSPS) is 11.8. The lowest BCUT2D eigenvalue weighted by molar-refractivity contribution is -0.270. The summed E-state index contributed by atoms with van der Waals surface area (Å²) in [5, 5.41) is 13.8. The first kappa shape index (κ1) is 26.2. The summed E-state index contributed by atoms with van der Waals surface area (Å²) in [6.45, 7) is 0.749. The first-order valence-electron chi connectivity index (χ1n) is 11.8. The van der Waals surface area contributed by atoms with Crippen LogP contribution in [0.4, 0.5) is 0 Å². The van der Waals surface area contributed by atoms with Crippen molar-refractivity contribution >= 4 is 21.9 Å². The predicted octanol–water partition coefficient (Wildman–Crippen LogP) is 3.62. The van der Waals surface area contributed by atoms with Crippen LogP contribution in [0.1, 0.15) is 12.0 Å². The number of hydrogen-bond donors (Lipinski definition) is 0. The second kappa shape index (κ2) is 11.9. The Balaban J connectivity index is 1.53. The number of hydrogen-bond acceptors (Lipinski definition) is 7. The highest BCUT2D eigenvalue weighted by molar-refractivity contribution is 7.96. The van der Waals surface area contributed by atoms with Crippen LogP contribution in [0.5, 0.6) is 28.7 Å². The van der Waals surface area contributed by atoms with Crippen molar-refractivity contribution in [3.05, 3.63) is 76.7 Å². The van der Waals surface area contributed by atoms with Crippen LogP contribution in [0.15, 0.2) is 70.5 Å². The number of aromatic nitrogens is 2. The van der Waals surface area contributed by atoms with Crippen molar-refractivity contribution in [2.24, 2.45) is 0 Å². The molecule has 194 valence electrons. The van der Waals surface area contributed by atoms with Gasteiger partial charge in [-0.1, -0.05) is 36.4 Å². The lowest BCUT2D eigenvalue weighted by Crippen LogP contribution is -2.30. The molecule has 2 heterocycles. The van der Waals surface area contributed by atoms with Crippen molar-refractivity contribution in [1.29, 1.82) is 0 Å². The maximum absolute atomic E-state index is 13.6. The molecule has 2 aromatic heterocycles. The van der Waals surface area contributed by atoms with E-state index < -0.39 is 10.9 Å². The quantitative estimate of drug-likeness (QED) is 0.219. The fourth-order valence-electron chi connectivity index (χ4n) is 4.16. The molecule has 1 atom stereocenters. The molecule has 0 aliphatic rings. The molecule has 4 aromatic rings. The molecule has 2 aromatic carbocycles. The summed E-state index contributed by atoms with van der Waals surface area (Å²) in [6, 6.07) is 16.6. The molecule has 0 radical (unpaired) electrons. The Hall–Kier alpha value is -3.85. The van der Waals surface area contributed by atoms with Gasteiger partial charge >= 0.3 is 5.56 Å². The zero-order chi connectivity index (χ0) is 26.4. The molecular formula is C28H30N2O6S. The van der Waals surface area contributed by atoms with E-state index in [0.29, 0.717) is 64.3 Å². The highest BCUT2D eigenvalue weighted by Gasteiger charge is 2.25. The van der Waals surface area contributed by atoms with Crippen LogP contribution in [0.2, 0.25) is 0 Å². The second-order valence-corrected chi connectivity index (χ2v) is 10.4. The molecule has 1 unspecified atom stereocenters. The minimum atomic E-state index is -0.579. The molecule has 0 aliphatic heterocycles. The zero-order valence-corrected chi connectivity index (χ0v) is 22.2. The molecule has 0 aliphatic carbocycles. The molecule has 0 fully saturated rings. The monoisotopic (exact) mass is 522 g/mol. The highest BCUT2D eigenvalue weighted by Crippen LogP contribution is 2.40. The summed E-state index contributed by atoms with van der Waals surface area (Å²) in [5.74, 6) is 2.48. The number of methoxy groups -OCH3 is 3. The minimum absolute atomic E-state index is 0.242. The van der Waals surface area contributed by atoms with Crippen molar-refractivity contribution in [2.45, 2.75) is 17.9 Å². The van der Waals surface area contributed by atoms with Gasteiger partial charge in [-0.2, -0.15) is 0 Å². The van der Waals surface area contributed by atoms with Gasteiger partial charge in [0.05, 0.1) is 34.5 Å².